The molecule has 1 N–H and O–H groups in total. The van der Waals surface area contributed by atoms with Crippen molar-refractivity contribution in [2.75, 3.05) is 12.4 Å². The summed E-state index contributed by atoms with van der Waals surface area (Å²) in [6.45, 7) is 2.69. The monoisotopic (exact) mass is 265 g/mol. The maximum atomic E-state index is 11.6. The highest BCUT2D eigenvalue weighted by Gasteiger charge is 2.12. The molecular formula is C10H13Cl2NOS. The molecule has 15 heavy (non-hydrogen) atoms. The van der Waals surface area contributed by atoms with Crippen LogP contribution < -0.4 is 5.32 Å². The number of alkyl halides is 1. The molecule has 1 atom stereocenters. The lowest BCUT2D eigenvalue weighted by Crippen LogP contribution is -2.27. The van der Waals surface area contributed by atoms with Crippen LogP contribution in [0.25, 0.3) is 0 Å². The number of halogens is 2. The second-order valence-corrected chi connectivity index (χ2v) is 5.09. The van der Waals surface area contributed by atoms with Crippen molar-refractivity contribution < 1.29 is 4.79 Å². The number of hydrogen-bond acceptors (Lipinski definition) is 2. The lowest BCUT2D eigenvalue weighted by Gasteiger charge is -2.10. The highest BCUT2D eigenvalue weighted by Crippen LogP contribution is 2.21. The molecule has 0 fully saturated rings. The van der Waals surface area contributed by atoms with E-state index < -0.39 is 0 Å². The van der Waals surface area contributed by atoms with Gasteiger partial charge in [0, 0.05) is 12.4 Å². The normalized spacial score (nSPS) is 12.5. The van der Waals surface area contributed by atoms with Gasteiger partial charge in [-0.3, -0.25) is 4.79 Å². The van der Waals surface area contributed by atoms with Crippen molar-refractivity contribution in [3.8, 4) is 0 Å². The van der Waals surface area contributed by atoms with Crippen LogP contribution in [0.1, 0.15) is 23.0 Å². The Labute approximate surface area is 104 Å². The minimum Gasteiger partial charge on any atom is -0.351 e. The molecular weight excluding hydrogens is 253 g/mol. The van der Waals surface area contributed by atoms with Gasteiger partial charge < -0.3 is 5.32 Å². The third kappa shape index (κ3) is 4.01. The van der Waals surface area contributed by atoms with Crippen LogP contribution in [0.15, 0.2) is 11.4 Å². The smallest absolute Gasteiger partial charge is 0.262 e. The van der Waals surface area contributed by atoms with E-state index in [1.165, 1.54) is 11.3 Å². The van der Waals surface area contributed by atoms with Gasteiger partial charge in [0.1, 0.15) is 4.88 Å². The van der Waals surface area contributed by atoms with Crippen molar-refractivity contribution in [1.82, 2.24) is 5.32 Å². The first-order valence-electron chi connectivity index (χ1n) is 4.72. The summed E-state index contributed by atoms with van der Waals surface area (Å²) < 4.78 is 0. The van der Waals surface area contributed by atoms with Crippen molar-refractivity contribution >= 4 is 40.4 Å². The van der Waals surface area contributed by atoms with Crippen LogP contribution in [0.2, 0.25) is 5.02 Å². The minimum atomic E-state index is -0.101. The lowest BCUT2D eigenvalue weighted by atomic mass is 10.1. The maximum absolute atomic E-state index is 11.6. The molecule has 0 radical (unpaired) electrons. The first-order valence-corrected chi connectivity index (χ1v) is 6.51. The molecule has 0 aliphatic heterocycles. The molecule has 0 saturated heterocycles. The number of amides is 1. The molecule has 1 heterocycles. The van der Waals surface area contributed by atoms with E-state index in [2.05, 4.69) is 12.2 Å². The van der Waals surface area contributed by atoms with Gasteiger partial charge in [0.05, 0.1) is 5.02 Å². The Hall–Kier alpha value is -0.250. The largest absolute Gasteiger partial charge is 0.351 e. The molecule has 0 aromatic carbocycles. The van der Waals surface area contributed by atoms with E-state index in [0.717, 1.165) is 6.42 Å². The molecule has 5 heteroatoms. The third-order valence-corrected chi connectivity index (χ3v) is 3.59. The van der Waals surface area contributed by atoms with E-state index in [4.69, 9.17) is 23.2 Å². The predicted molar refractivity (Wildman–Crippen MR) is 66.2 cm³/mol. The van der Waals surface area contributed by atoms with E-state index >= 15 is 0 Å². The summed E-state index contributed by atoms with van der Waals surface area (Å²) in [5.41, 5.74) is 0. The van der Waals surface area contributed by atoms with Gasteiger partial charge in [-0.2, -0.15) is 0 Å². The standard InChI is InChI=1S/C10H13Cl2NOS/c1-7(2-4-11)6-13-10(14)9-8(12)3-5-15-9/h3,5,7H,2,4,6H2,1H3,(H,13,14). The van der Waals surface area contributed by atoms with Gasteiger partial charge in [-0.15, -0.1) is 22.9 Å². The molecule has 0 saturated carbocycles. The minimum absolute atomic E-state index is 0.101. The number of carbonyl (C=O) groups excluding carboxylic acids is 1. The zero-order chi connectivity index (χ0) is 11.3. The van der Waals surface area contributed by atoms with Crippen LogP contribution >= 0.6 is 34.5 Å². The molecule has 1 aromatic heterocycles. The zero-order valence-corrected chi connectivity index (χ0v) is 10.8. The molecule has 1 rings (SSSR count). The topological polar surface area (TPSA) is 29.1 Å². The molecule has 0 aliphatic rings. The maximum Gasteiger partial charge on any atom is 0.262 e. The van der Waals surface area contributed by atoms with E-state index in [1.807, 2.05) is 0 Å². The van der Waals surface area contributed by atoms with Gasteiger partial charge in [-0.05, 0) is 23.8 Å². The van der Waals surface area contributed by atoms with Gasteiger partial charge >= 0.3 is 0 Å². The fraction of sp³-hybridized carbons (Fsp3) is 0.500. The van der Waals surface area contributed by atoms with Crippen LogP contribution in [0.3, 0.4) is 0 Å². The van der Waals surface area contributed by atoms with Crippen LogP contribution in [-0.2, 0) is 0 Å². The fourth-order valence-electron chi connectivity index (χ4n) is 1.09. The van der Waals surface area contributed by atoms with Gasteiger partial charge in [-0.25, -0.2) is 0 Å². The van der Waals surface area contributed by atoms with E-state index in [0.29, 0.717) is 28.2 Å². The van der Waals surface area contributed by atoms with Gasteiger partial charge in [0.25, 0.3) is 5.91 Å². The van der Waals surface area contributed by atoms with E-state index in [9.17, 15) is 4.79 Å². The van der Waals surface area contributed by atoms with Gasteiger partial charge in [-0.1, -0.05) is 18.5 Å². The quantitative estimate of drug-likeness (QED) is 0.813. The van der Waals surface area contributed by atoms with Crippen LogP contribution in [0.4, 0.5) is 0 Å². The van der Waals surface area contributed by atoms with E-state index in [-0.39, 0.29) is 5.91 Å². The number of thiophene rings is 1. The Bertz CT molecular complexity index is 327. The molecule has 0 spiro atoms. The number of carbonyl (C=O) groups is 1. The second-order valence-electron chi connectivity index (χ2n) is 3.39. The second kappa shape index (κ2) is 6.36. The summed E-state index contributed by atoms with van der Waals surface area (Å²) in [5, 5.41) is 5.16. The lowest BCUT2D eigenvalue weighted by molar-refractivity contribution is 0.0952. The first-order chi connectivity index (χ1) is 7.15. The first kappa shape index (κ1) is 12.8. The molecule has 84 valence electrons. The fourth-order valence-corrected chi connectivity index (χ4v) is 2.52. The SMILES string of the molecule is CC(CCCl)CNC(=O)c1sccc1Cl. The van der Waals surface area contributed by atoms with Gasteiger partial charge in [0.2, 0.25) is 0 Å². The average Bonchev–Trinajstić information content (AvgIpc) is 2.61. The number of hydrogen-bond donors (Lipinski definition) is 1. The molecule has 1 amide bonds. The van der Waals surface area contributed by atoms with Crippen molar-refractivity contribution in [1.29, 1.82) is 0 Å². The molecule has 1 aromatic rings. The van der Waals surface area contributed by atoms with Crippen molar-refractivity contribution in [3.63, 3.8) is 0 Å². The summed E-state index contributed by atoms with van der Waals surface area (Å²) in [4.78, 5) is 12.2. The molecule has 1 unspecified atom stereocenters. The Morgan fingerprint density at radius 2 is 2.40 bits per heavy atom. The number of rotatable bonds is 5. The average molecular weight is 266 g/mol. The summed E-state index contributed by atoms with van der Waals surface area (Å²) in [7, 11) is 0. The summed E-state index contributed by atoms with van der Waals surface area (Å²) >= 11 is 12.8. The molecule has 0 aliphatic carbocycles. The van der Waals surface area contributed by atoms with Crippen LogP contribution in [0.5, 0.6) is 0 Å². The number of nitrogens with one attached hydrogen (secondary N) is 1. The van der Waals surface area contributed by atoms with Gasteiger partial charge in [0.15, 0.2) is 0 Å². The van der Waals surface area contributed by atoms with Crippen molar-refractivity contribution in [2.45, 2.75) is 13.3 Å². The van der Waals surface area contributed by atoms with Crippen molar-refractivity contribution in [2.24, 2.45) is 5.92 Å². The Morgan fingerprint density at radius 1 is 1.67 bits per heavy atom. The van der Waals surface area contributed by atoms with Crippen LogP contribution in [-0.4, -0.2) is 18.3 Å². The Kier molecular flexibility index (Phi) is 5.43. The Morgan fingerprint density at radius 3 is 2.93 bits per heavy atom. The Balaban J connectivity index is 2.40. The van der Waals surface area contributed by atoms with E-state index in [1.54, 1.807) is 11.4 Å². The molecule has 2 nitrogen and oxygen atoms in total. The summed E-state index contributed by atoms with van der Waals surface area (Å²) in [6.07, 6.45) is 0.903. The highest BCUT2D eigenvalue weighted by atomic mass is 35.5. The predicted octanol–water partition coefficient (Wildman–Crippen LogP) is 3.40. The summed E-state index contributed by atoms with van der Waals surface area (Å²) in [6, 6.07) is 1.73. The highest BCUT2D eigenvalue weighted by molar-refractivity contribution is 7.12. The van der Waals surface area contributed by atoms with Crippen LogP contribution in [0, 0.1) is 5.92 Å². The molecule has 0 bridgehead atoms. The zero-order valence-electron chi connectivity index (χ0n) is 8.43. The summed E-state index contributed by atoms with van der Waals surface area (Å²) in [5.74, 6) is 0.915. The van der Waals surface area contributed by atoms with Crippen molar-refractivity contribution in [3.05, 3.63) is 21.3 Å². The third-order valence-electron chi connectivity index (χ3n) is 2.04.